The van der Waals surface area contributed by atoms with Gasteiger partial charge in [-0.25, -0.2) is 0 Å². The summed E-state index contributed by atoms with van der Waals surface area (Å²) in [5, 5.41) is 16.3. The SMILES string of the molecule is c1ccc(N(c2ccc3c(c2)oc2ccc4c(ccc5oc6cc(N(c7ccccc7)c7ccc8c9cc%10ccccc%10cc9n(-c9ccccc9)c8c7)ccc6c54)c23)c2ccc3c4cc5ccccc5cc4n(-c4ccccc4)c3c2)cc1. The fourth-order valence-corrected chi connectivity index (χ4v) is 13.6. The fraction of sp³-hybridized carbons (Fsp3) is 0. The van der Waals surface area contributed by atoms with Crippen LogP contribution in [0.5, 0.6) is 0 Å². The molecule has 84 heavy (non-hydrogen) atoms. The maximum absolute atomic E-state index is 6.89. The molecular weight excluding hydrogens is 1020 g/mol. The van der Waals surface area contributed by atoms with Crippen molar-refractivity contribution >= 4 is 154 Å². The first-order valence-electron chi connectivity index (χ1n) is 28.6. The van der Waals surface area contributed by atoms with Gasteiger partial charge in [-0.05, 0) is 178 Å². The molecule has 6 heteroatoms. The van der Waals surface area contributed by atoms with Crippen molar-refractivity contribution in [2.45, 2.75) is 0 Å². The van der Waals surface area contributed by atoms with Gasteiger partial charge in [0.2, 0.25) is 0 Å². The summed E-state index contributed by atoms with van der Waals surface area (Å²) in [6.07, 6.45) is 0. The van der Waals surface area contributed by atoms with Gasteiger partial charge in [0.25, 0.3) is 0 Å². The molecule has 18 rings (SSSR count). The summed E-state index contributed by atoms with van der Waals surface area (Å²) in [7, 11) is 0. The lowest BCUT2D eigenvalue weighted by molar-refractivity contribution is 0.668. The first-order valence-corrected chi connectivity index (χ1v) is 28.6. The molecule has 0 N–H and O–H groups in total. The van der Waals surface area contributed by atoms with Gasteiger partial charge in [0.05, 0.1) is 22.1 Å². The van der Waals surface area contributed by atoms with Crippen LogP contribution in [0.15, 0.2) is 300 Å². The van der Waals surface area contributed by atoms with Gasteiger partial charge in [-0.2, -0.15) is 0 Å². The van der Waals surface area contributed by atoms with E-state index in [1.165, 1.54) is 54.1 Å². The van der Waals surface area contributed by atoms with Crippen LogP contribution in [0.2, 0.25) is 0 Å². The highest BCUT2D eigenvalue weighted by Gasteiger charge is 2.24. The largest absolute Gasteiger partial charge is 0.456 e. The lowest BCUT2D eigenvalue weighted by atomic mass is 9.99. The van der Waals surface area contributed by atoms with Gasteiger partial charge in [-0.15, -0.1) is 0 Å². The third-order valence-corrected chi connectivity index (χ3v) is 17.4. The minimum absolute atomic E-state index is 0.820. The second-order valence-corrected chi connectivity index (χ2v) is 22.1. The molecule has 6 nitrogen and oxygen atoms in total. The van der Waals surface area contributed by atoms with Crippen LogP contribution in [0.4, 0.5) is 34.1 Å². The van der Waals surface area contributed by atoms with Crippen molar-refractivity contribution < 1.29 is 8.83 Å². The highest BCUT2D eigenvalue weighted by molar-refractivity contribution is 6.28. The second kappa shape index (κ2) is 18.1. The summed E-state index contributed by atoms with van der Waals surface area (Å²) in [6, 6.07) is 105. The lowest BCUT2D eigenvalue weighted by Crippen LogP contribution is -2.10. The molecule has 14 aromatic carbocycles. The molecule has 0 aliphatic heterocycles. The van der Waals surface area contributed by atoms with E-state index >= 15 is 0 Å². The molecule has 0 atom stereocenters. The molecule has 4 aromatic heterocycles. The maximum atomic E-state index is 6.89. The molecule has 0 radical (unpaired) electrons. The predicted octanol–water partition coefficient (Wildman–Crippen LogP) is 22.1. The molecule has 0 aliphatic carbocycles. The first kappa shape index (κ1) is 46.4. The van der Waals surface area contributed by atoms with Crippen molar-refractivity contribution in [3.8, 4) is 11.4 Å². The zero-order valence-electron chi connectivity index (χ0n) is 45.3. The zero-order valence-corrected chi connectivity index (χ0v) is 45.3. The Kier molecular flexibility index (Phi) is 9.99. The van der Waals surface area contributed by atoms with Crippen molar-refractivity contribution in [3.63, 3.8) is 0 Å². The Bertz CT molecular complexity index is 5330. The number of anilines is 6. The molecule has 0 amide bonds. The van der Waals surface area contributed by atoms with Crippen LogP contribution in [0, 0.1) is 0 Å². The van der Waals surface area contributed by atoms with Gasteiger partial charge in [0, 0.05) is 101 Å². The maximum Gasteiger partial charge on any atom is 0.137 e. The van der Waals surface area contributed by atoms with E-state index in [-0.39, 0.29) is 0 Å². The third-order valence-electron chi connectivity index (χ3n) is 17.4. The summed E-state index contributed by atoms with van der Waals surface area (Å²) < 4.78 is 18.6. The second-order valence-electron chi connectivity index (χ2n) is 22.1. The van der Waals surface area contributed by atoms with E-state index in [1.54, 1.807) is 0 Å². The Morgan fingerprint density at radius 3 is 0.940 bits per heavy atom. The predicted molar refractivity (Wildman–Crippen MR) is 352 cm³/mol. The van der Waals surface area contributed by atoms with E-state index in [9.17, 15) is 0 Å². The van der Waals surface area contributed by atoms with Crippen molar-refractivity contribution in [3.05, 3.63) is 291 Å². The zero-order chi connectivity index (χ0) is 55.0. The van der Waals surface area contributed by atoms with Crippen LogP contribution < -0.4 is 9.80 Å². The Hall–Kier alpha value is -11.3. The van der Waals surface area contributed by atoms with Crippen molar-refractivity contribution in [2.75, 3.05) is 9.80 Å². The molecule has 0 fully saturated rings. The number of rotatable bonds is 8. The molecular formula is C78H48N4O2. The van der Waals surface area contributed by atoms with Gasteiger partial charge >= 0.3 is 0 Å². The van der Waals surface area contributed by atoms with Crippen molar-refractivity contribution in [1.82, 2.24) is 9.13 Å². The number of fused-ring (bicyclic) bond motifs is 17. The monoisotopic (exact) mass is 1070 g/mol. The number of para-hydroxylation sites is 4. The Balaban J connectivity index is 0.762. The van der Waals surface area contributed by atoms with Crippen LogP contribution in [0.25, 0.3) is 131 Å². The van der Waals surface area contributed by atoms with Gasteiger partial charge in [0.15, 0.2) is 0 Å². The first-order chi connectivity index (χ1) is 41.6. The van der Waals surface area contributed by atoms with Crippen LogP contribution in [-0.4, -0.2) is 9.13 Å². The minimum Gasteiger partial charge on any atom is -0.456 e. The average molecular weight is 1070 g/mol. The number of nitrogens with zero attached hydrogens (tertiary/aromatic N) is 4. The summed E-state index contributed by atoms with van der Waals surface area (Å²) in [4.78, 5) is 4.68. The smallest absolute Gasteiger partial charge is 0.137 e. The molecule has 0 aliphatic rings. The fourth-order valence-electron chi connectivity index (χ4n) is 13.6. The van der Waals surface area contributed by atoms with E-state index in [0.717, 1.165) is 111 Å². The third kappa shape index (κ3) is 7.04. The van der Waals surface area contributed by atoms with E-state index in [1.807, 2.05) is 0 Å². The van der Waals surface area contributed by atoms with E-state index in [0.29, 0.717) is 0 Å². The molecule has 18 aromatic rings. The normalized spacial score (nSPS) is 12.0. The number of furan rings is 2. The highest BCUT2D eigenvalue weighted by Crippen LogP contribution is 2.47. The van der Waals surface area contributed by atoms with Gasteiger partial charge in [0.1, 0.15) is 22.3 Å². The summed E-state index contributed by atoms with van der Waals surface area (Å²) >= 11 is 0. The highest BCUT2D eigenvalue weighted by atomic mass is 16.3. The van der Waals surface area contributed by atoms with Crippen molar-refractivity contribution in [2.24, 2.45) is 0 Å². The number of hydrogen-bond donors (Lipinski definition) is 0. The molecule has 0 bridgehead atoms. The summed E-state index contributed by atoms with van der Waals surface area (Å²) in [5.41, 5.74) is 16.4. The van der Waals surface area contributed by atoms with Crippen LogP contribution >= 0.6 is 0 Å². The summed E-state index contributed by atoms with van der Waals surface area (Å²) in [6.45, 7) is 0. The van der Waals surface area contributed by atoms with E-state index in [4.69, 9.17) is 8.83 Å². The average Bonchev–Trinajstić information content (AvgIpc) is 4.11. The Labute approximate surface area is 481 Å². The number of benzene rings is 14. The van der Waals surface area contributed by atoms with E-state index in [2.05, 4.69) is 310 Å². The minimum atomic E-state index is 0.820. The van der Waals surface area contributed by atoms with Crippen LogP contribution in [-0.2, 0) is 0 Å². The number of aromatic nitrogens is 2. The molecule has 0 saturated heterocycles. The van der Waals surface area contributed by atoms with E-state index < -0.39 is 0 Å². The van der Waals surface area contributed by atoms with Gasteiger partial charge in [-0.1, -0.05) is 133 Å². The van der Waals surface area contributed by atoms with Gasteiger partial charge < -0.3 is 27.8 Å². The lowest BCUT2D eigenvalue weighted by Gasteiger charge is -2.25. The molecule has 392 valence electrons. The number of hydrogen-bond acceptors (Lipinski definition) is 4. The molecule has 0 spiro atoms. The molecule has 0 unspecified atom stereocenters. The molecule has 4 heterocycles. The standard InChI is InChI=1S/C78H48N4O2/c1-5-21-53(22-6-1)79(57-29-33-61-67-41-49-17-13-15-19-51(49)43-69(67)81(71(61)45-57)55-25-9-3-10-26-55)59-31-35-65-75(47-59)83-73-39-37-64-63(77(65)73)38-40-74-78(64)66-36-32-60(48-76(66)84-74)80(54-23-7-2-8-24-54)58-30-34-62-68-42-50-18-14-16-20-52(50)44-70(68)82(72(62)46-58)56-27-11-4-12-28-56/h1-48H. The Morgan fingerprint density at radius 1 is 0.214 bits per heavy atom. The van der Waals surface area contributed by atoms with Crippen LogP contribution in [0.3, 0.4) is 0 Å². The quantitative estimate of drug-likeness (QED) is 0.152. The summed E-state index contributed by atoms with van der Waals surface area (Å²) in [5.74, 6) is 0. The van der Waals surface area contributed by atoms with Crippen LogP contribution in [0.1, 0.15) is 0 Å². The Morgan fingerprint density at radius 2 is 0.536 bits per heavy atom. The van der Waals surface area contributed by atoms with Crippen molar-refractivity contribution in [1.29, 1.82) is 0 Å². The topological polar surface area (TPSA) is 42.6 Å². The van der Waals surface area contributed by atoms with Gasteiger partial charge in [-0.3, -0.25) is 0 Å². The molecule has 0 saturated carbocycles.